The Morgan fingerprint density at radius 1 is 1.45 bits per heavy atom. The first-order valence-corrected chi connectivity index (χ1v) is 7.77. The lowest BCUT2D eigenvalue weighted by Crippen LogP contribution is -2.18. The number of imidazole rings is 1. The number of aromatic nitrogens is 3. The monoisotopic (exact) mass is 292 g/mol. The van der Waals surface area contributed by atoms with Crippen molar-refractivity contribution in [2.75, 3.05) is 26.0 Å². The van der Waals surface area contributed by atoms with Gasteiger partial charge in [-0.1, -0.05) is 0 Å². The summed E-state index contributed by atoms with van der Waals surface area (Å²) in [5.74, 6) is 2.37. The van der Waals surface area contributed by atoms with E-state index >= 15 is 0 Å². The lowest BCUT2D eigenvalue weighted by Gasteiger charge is -2.14. The SMILES string of the molecule is Cc1cnc2c(c1)nc(CCCl)n2CC1CCN(C)C1. The zero-order valence-electron chi connectivity index (χ0n) is 12.1. The molecule has 108 valence electrons. The Kier molecular flexibility index (Phi) is 3.94. The Bertz CT molecular complexity index is 607. The summed E-state index contributed by atoms with van der Waals surface area (Å²) in [6.45, 7) is 5.41. The minimum absolute atomic E-state index is 0.604. The lowest BCUT2D eigenvalue weighted by molar-refractivity contribution is 0.377. The van der Waals surface area contributed by atoms with Crippen molar-refractivity contribution in [1.29, 1.82) is 0 Å². The molecule has 1 atom stereocenters. The van der Waals surface area contributed by atoms with Gasteiger partial charge in [0.2, 0.25) is 0 Å². The van der Waals surface area contributed by atoms with Gasteiger partial charge in [0.15, 0.2) is 5.65 Å². The summed E-state index contributed by atoms with van der Waals surface area (Å²) in [6, 6.07) is 2.11. The second-order valence-corrected chi connectivity index (χ2v) is 6.23. The Balaban J connectivity index is 1.95. The molecule has 4 nitrogen and oxygen atoms in total. The van der Waals surface area contributed by atoms with Crippen LogP contribution in [0.15, 0.2) is 12.3 Å². The number of nitrogens with zero attached hydrogens (tertiary/aromatic N) is 4. The van der Waals surface area contributed by atoms with E-state index in [1.54, 1.807) is 0 Å². The van der Waals surface area contributed by atoms with Crippen LogP contribution in [0.5, 0.6) is 0 Å². The highest BCUT2D eigenvalue weighted by Crippen LogP contribution is 2.22. The molecule has 1 unspecified atom stereocenters. The van der Waals surface area contributed by atoms with Gasteiger partial charge in [-0.05, 0) is 44.5 Å². The van der Waals surface area contributed by atoms with E-state index in [0.717, 1.165) is 42.1 Å². The molecule has 1 aliphatic heterocycles. The highest BCUT2D eigenvalue weighted by molar-refractivity contribution is 6.17. The van der Waals surface area contributed by atoms with Crippen LogP contribution in [0.2, 0.25) is 0 Å². The van der Waals surface area contributed by atoms with Crippen molar-refractivity contribution >= 4 is 22.8 Å². The summed E-state index contributed by atoms with van der Waals surface area (Å²) in [5.41, 5.74) is 3.15. The Morgan fingerprint density at radius 3 is 3.00 bits per heavy atom. The van der Waals surface area contributed by atoms with Gasteiger partial charge in [-0.3, -0.25) is 0 Å². The van der Waals surface area contributed by atoms with Gasteiger partial charge in [-0.15, -0.1) is 11.6 Å². The molecule has 2 aromatic heterocycles. The van der Waals surface area contributed by atoms with E-state index < -0.39 is 0 Å². The number of hydrogen-bond donors (Lipinski definition) is 0. The minimum Gasteiger partial charge on any atom is -0.312 e. The Labute approximate surface area is 124 Å². The van der Waals surface area contributed by atoms with Crippen LogP contribution in [0.4, 0.5) is 0 Å². The molecule has 3 heterocycles. The number of likely N-dealkylation sites (tertiary alicyclic amines) is 1. The van der Waals surface area contributed by atoms with Crippen LogP contribution >= 0.6 is 11.6 Å². The zero-order chi connectivity index (χ0) is 14.1. The fraction of sp³-hybridized carbons (Fsp3) is 0.600. The van der Waals surface area contributed by atoms with Crippen molar-refractivity contribution in [3.8, 4) is 0 Å². The molecule has 5 heteroatoms. The number of halogens is 1. The fourth-order valence-electron chi connectivity index (χ4n) is 3.06. The molecule has 0 bridgehead atoms. The van der Waals surface area contributed by atoms with E-state index in [2.05, 4.69) is 34.5 Å². The van der Waals surface area contributed by atoms with Crippen molar-refractivity contribution in [2.24, 2.45) is 5.92 Å². The van der Waals surface area contributed by atoms with Gasteiger partial charge in [0.25, 0.3) is 0 Å². The van der Waals surface area contributed by atoms with Crippen LogP contribution in [0.1, 0.15) is 17.8 Å². The van der Waals surface area contributed by atoms with Crippen molar-refractivity contribution in [3.63, 3.8) is 0 Å². The van der Waals surface area contributed by atoms with E-state index in [9.17, 15) is 0 Å². The molecule has 2 aromatic rings. The minimum atomic E-state index is 0.604. The Hall–Kier alpha value is -1.13. The fourth-order valence-corrected chi connectivity index (χ4v) is 3.23. The largest absolute Gasteiger partial charge is 0.312 e. The topological polar surface area (TPSA) is 34.0 Å². The predicted octanol–water partition coefficient (Wildman–Crippen LogP) is 2.47. The normalized spacial score (nSPS) is 20.1. The van der Waals surface area contributed by atoms with E-state index in [4.69, 9.17) is 16.6 Å². The average Bonchev–Trinajstić information content (AvgIpc) is 2.95. The molecule has 0 N–H and O–H groups in total. The molecule has 1 aliphatic rings. The molecule has 0 spiro atoms. The molecule has 1 fully saturated rings. The summed E-state index contributed by atoms with van der Waals surface area (Å²) in [4.78, 5) is 11.7. The van der Waals surface area contributed by atoms with Crippen LogP contribution in [-0.4, -0.2) is 45.5 Å². The van der Waals surface area contributed by atoms with Gasteiger partial charge in [0.1, 0.15) is 11.3 Å². The van der Waals surface area contributed by atoms with E-state index in [1.807, 2.05) is 6.20 Å². The van der Waals surface area contributed by atoms with E-state index in [-0.39, 0.29) is 0 Å². The highest BCUT2D eigenvalue weighted by Gasteiger charge is 2.22. The number of hydrogen-bond acceptors (Lipinski definition) is 3. The molecular formula is C15H21ClN4. The number of pyridine rings is 1. The maximum atomic E-state index is 5.92. The summed E-state index contributed by atoms with van der Waals surface area (Å²) in [5, 5.41) is 0. The maximum Gasteiger partial charge on any atom is 0.160 e. The van der Waals surface area contributed by atoms with Crippen molar-refractivity contribution in [2.45, 2.75) is 26.3 Å². The van der Waals surface area contributed by atoms with Crippen LogP contribution in [0.25, 0.3) is 11.2 Å². The predicted molar refractivity (Wildman–Crippen MR) is 82.3 cm³/mol. The lowest BCUT2D eigenvalue weighted by atomic mass is 10.1. The third kappa shape index (κ3) is 2.67. The van der Waals surface area contributed by atoms with Gasteiger partial charge in [0, 0.05) is 31.6 Å². The molecule has 0 saturated carbocycles. The van der Waals surface area contributed by atoms with E-state index in [0.29, 0.717) is 11.8 Å². The first-order chi connectivity index (χ1) is 9.67. The van der Waals surface area contributed by atoms with Gasteiger partial charge in [-0.25, -0.2) is 9.97 Å². The Morgan fingerprint density at radius 2 is 2.30 bits per heavy atom. The van der Waals surface area contributed by atoms with Gasteiger partial charge >= 0.3 is 0 Å². The van der Waals surface area contributed by atoms with Crippen molar-refractivity contribution in [3.05, 3.63) is 23.7 Å². The standard InChI is InChI=1S/C15H21ClN4/c1-11-7-13-15(17-8-11)20(14(18-13)3-5-16)10-12-4-6-19(2)9-12/h7-8,12H,3-6,9-10H2,1-2H3. The van der Waals surface area contributed by atoms with Crippen LogP contribution in [0, 0.1) is 12.8 Å². The summed E-state index contributed by atoms with van der Waals surface area (Å²) >= 11 is 5.92. The number of alkyl halides is 1. The van der Waals surface area contributed by atoms with Crippen LogP contribution in [-0.2, 0) is 13.0 Å². The molecule has 0 radical (unpaired) electrons. The van der Waals surface area contributed by atoms with E-state index in [1.165, 1.54) is 13.0 Å². The van der Waals surface area contributed by atoms with Gasteiger partial charge in [0.05, 0.1) is 0 Å². The molecule has 3 rings (SSSR count). The second-order valence-electron chi connectivity index (χ2n) is 5.85. The number of aryl methyl sites for hydroxylation is 2. The van der Waals surface area contributed by atoms with Crippen molar-refractivity contribution in [1.82, 2.24) is 19.4 Å². The molecular weight excluding hydrogens is 272 g/mol. The first kappa shape index (κ1) is 13.8. The van der Waals surface area contributed by atoms with Crippen LogP contribution < -0.4 is 0 Å². The zero-order valence-corrected chi connectivity index (χ0v) is 12.9. The molecule has 0 aromatic carbocycles. The van der Waals surface area contributed by atoms with Crippen LogP contribution in [0.3, 0.4) is 0 Å². The van der Waals surface area contributed by atoms with Crippen molar-refractivity contribution < 1.29 is 0 Å². The molecule has 20 heavy (non-hydrogen) atoms. The first-order valence-electron chi connectivity index (χ1n) is 7.23. The van der Waals surface area contributed by atoms with Gasteiger partial charge in [-0.2, -0.15) is 0 Å². The quantitative estimate of drug-likeness (QED) is 0.812. The smallest absolute Gasteiger partial charge is 0.160 e. The second kappa shape index (κ2) is 5.70. The highest BCUT2D eigenvalue weighted by atomic mass is 35.5. The third-order valence-corrected chi connectivity index (χ3v) is 4.24. The molecule has 0 amide bonds. The number of fused-ring (bicyclic) bond motifs is 1. The number of rotatable bonds is 4. The third-order valence-electron chi connectivity index (χ3n) is 4.05. The van der Waals surface area contributed by atoms with Gasteiger partial charge < -0.3 is 9.47 Å². The average molecular weight is 293 g/mol. The summed E-state index contributed by atoms with van der Waals surface area (Å²) in [6.07, 6.45) is 3.98. The maximum absolute atomic E-state index is 5.92. The summed E-state index contributed by atoms with van der Waals surface area (Å²) in [7, 11) is 2.19. The molecule has 0 aliphatic carbocycles. The summed E-state index contributed by atoms with van der Waals surface area (Å²) < 4.78 is 2.28. The molecule has 1 saturated heterocycles.